The number of carbonyl (C=O) groups is 3. The number of carbonyl (C=O) groups excluding carboxylic acids is 3. The lowest BCUT2D eigenvalue weighted by Crippen LogP contribution is -2.52. The molecule has 0 aliphatic carbocycles. The van der Waals surface area contributed by atoms with Gasteiger partial charge in [-0.15, -0.1) is 0 Å². The molecule has 4 heterocycles. The minimum Gasteiger partial charge on any atom is -0.322 e. The summed E-state index contributed by atoms with van der Waals surface area (Å²) in [5.74, 6) is 0.904. The first-order valence-corrected chi connectivity index (χ1v) is 11.3. The molecule has 0 bridgehead atoms. The summed E-state index contributed by atoms with van der Waals surface area (Å²) in [7, 11) is 0. The number of hydrogen-bond acceptors (Lipinski definition) is 5. The third-order valence-electron chi connectivity index (χ3n) is 7.27. The Labute approximate surface area is 177 Å². The lowest BCUT2D eigenvalue weighted by atomic mass is 9.84. The highest BCUT2D eigenvalue weighted by Crippen LogP contribution is 2.30. The van der Waals surface area contributed by atoms with Crippen molar-refractivity contribution in [2.75, 3.05) is 26.2 Å². The number of likely N-dealkylation sites (tertiary alicyclic amines) is 1. The second-order valence-corrected chi connectivity index (χ2v) is 9.30. The Hall–Kier alpha value is -2.25. The number of imide groups is 1. The van der Waals surface area contributed by atoms with Gasteiger partial charge in [0, 0.05) is 31.6 Å². The van der Waals surface area contributed by atoms with E-state index >= 15 is 0 Å². The summed E-state index contributed by atoms with van der Waals surface area (Å²) in [5, 5.41) is 5.78. The van der Waals surface area contributed by atoms with Crippen LogP contribution in [0.5, 0.6) is 0 Å². The number of nitrogens with one attached hydrogen (secondary N) is 2. The van der Waals surface area contributed by atoms with Gasteiger partial charge in [0.15, 0.2) is 0 Å². The molecule has 3 saturated heterocycles. The fraction of sp³-hybridized carbons (Fsp3) is 0.609. The molecule has 2 unspecified atom stereocenters. The van der Waals surface area contributed by atoms with Gasteiger partial charge in [-0.3, -0.25) is 24.6 Å². The minimum absolute atomic E-state index is 0.0987. The summed E-state index contributed by atoms with van der Waals surface area (Å²) in [4.78, 5) is 40.7. The van der Waals surface area contributed by atoms with Crippen LogP contribution in [0.2, 0.25) is 0 Å². The topological polar surface area (TPSA) is 81.8 Å². The molecule has 2 atom stereocenters. The van der Waals surface area contributed by atoms with Crippen LogP contribution in [0.1, 0.15) is 53.6 Å². The number of piperidine rings is 1. The van der Waals surface area contributed by atoms with Gasteiger partial charge in [0.25, 0.3) is 5.91 Å². The van der Waals surface area contributed by atoms with Crippen LogP contribution in [0.25, 0.3) is 0 Å². The molecular formula is C23H30N4O3. The van der Waals surface area contributed by atoms with Gasteiger partial charge in [0.2, 0.25) is 11.8 Å². The largest absolute Gasteiger partial charge is 0.322 e. The molecule has 0 spiro atoms. The van der Waals surface area contributed by atoms with Crippen LogP contribution in [0.4, 0.5) is 0 Å². The highest BCUT2D eigenvalue weighted by Gasteiger charge is 2.39. The normalized spacial score (nSPS) is 28.1. The van der Waals surface area contributed by atoms with Gasteiger partial charge in [-0.2, -0.15) is 0 Å². The van der Waals surface area contributed by atoms with Gasteiger partial charge in [0.05, 0.1) is 0 Å². The lowest BCUT2D eigenvalue weighted by molar-refractivity contribution is -0.136. The SMILES string of the molecule is O=C1CCC(N2Cc3cc(CN4CCCCC(C5CNC5)C4)ccc3C2=O)C(=O)N1. The fourth-order valence-electron chi connectivity index (χ4n) is 5.41. The van der Waals surface area contributed by atoms with E-state index in [9.17, 15) is 14.4 Å². The molecule has 30 heavy (non-hydrogen) atoms. The Bertz CT molecular complexity index is 866. The zero-order valence-electron chi connectivity index (χ0n) is 17.4. The molecule has 5 rings (SSSR count). The number of rotatable bonds is 4. The van der Waals surface area contributed by atoms with Crippen LogP contribution < -0.4 is 10.6 Å². The standard InChI is InChI=1S/C23H30N4O3/c28-21-7-6-20(22(29)25-21)27-14-17-9-15(4-5-19(17)23(27)30)12-26-8-2-1-3-16(13-26)18-10-24-11-18/h4-5,9,16,18,20,24H,1-3,6-8,10-14H2,(H,25,28,29). The molecule has 3 fully saturated rings. The number of amides is 3. The van der Waals surface area contributed by atoms with Crippen molar-refractivity contribution in [2.24, 2.45) is 11.8 Å². The van der Waals surface area contributed by atoms with Gasteiger partial charge < -0.3 is 10.2 Å². The summed E-state index contributed by atoms with van der Waals surface area (Å²) in [6.45, 7) is 5.98. The maximum atomic E-state index is 12.9. The molecule has 7 nitrogen and oxygen atoms in total. The maximum absolute atomic E-state index is 12.9. The molecule has 0 saturated carbocycles. The Kier molecular flexibility index (Phi) is 5.33. The molecule has 7 heteroatoms. The van der Waals surface area contributed by atoms with Crippen molar-refractivity contribution in [1.82, 2.24) is 20.4 Å². The highest BCUT2D eigenvalue weighted by molar-refractivity contribution is 6.05. The van der Waals surface area contributed by atoms with Gasteiger partial charge in [0.1, 0.15) is 6.04 Å². The summed E-state index contributed by atoms with van der Waals surface area (Å²) in [6.07, 6.45) is 4.60. The number of nitrogens with zero attached hydrogens (tertiary/aromatic N) is 2. The quantitative estimate of drug-likeness (QED) is 0.731. The predicted molar refractivity (Wildman–Crippen MR) is 111 cm³/mol. The van der Waals surface area contributed by atoms with E-state index in [0.29, 0.717) is 18.5 Å². The van der Waals surface area contributed by atoms with E-state index in [2.05, 4.69) is 27.7 Å². The molecule has 0 radical (unpaired) electrons. The van der Waals surface area contributed by atoms with Crippen LogP contribution in [0, 0.1) is 11.8 Å². The second-order valence-electron chi connectivity index (χ2n) is 9.30. The van der Waals surface area contributed by atoms with E-state index in [-0.39, 0.29) is 24.1 Å². The summed E-state index contributed by atoms with van der Waals surface area (Å²) in [5.41, 5.74) is 2.92. The summed E-state index contributed by atoms with van der Waals surface area (Å²) in [6, 6.07) is 5.58. The Morgan fingerprint density at radius 1 is 1.03 bits per heavy atom. The van der Waals surface area contributed by atoms with E-state index in [1.165, 1.54) is 24.8 Å². The Morgan fingerprint density at radius 2 is 1.90 bits per heavy atom. The summed E-state index contributed by atoms with van der Waals surface area (Å²) >= 11 is 0. The van der Waals surface area contributed by atoms with E-state index in [1.54, 1.807) is 4.90 Å². The van der Waals surface area contributed by atoms with Gasteiger partial charge in [-0.25, -0.2) is 0 Å². The van der Waals surface area contributed by atoms with Gasteiger partial charge >= 0.3 is 0 Å². The molecule has 1 aromatic carbocycles. The van der Waals surface area contributed by atoms with Crippen molar-refractivity contribution in [2.45, 2.75) is 51.2 Å². The molecule has 1 aromatic rings. The van der Waals surface area contributed by atoms with E-state index in [4.69, 9.17) is 0 Å². The molecule has 2 N–H and O–H groups in total. The summed E-state index contributed by atoms with van der Waals surface area (Å²) < 4.78 is 0. The van der Waals surface area contributed by atoms with Crippen molar-refractivity contribution < 1.29 is 14.4 Å². The van der Waals surface area contributed by atoms with E-state index in [1.807, 2.05) is 6.07 Å². The Balaban J connectivity index is 1.27. The van der Waals surface area contributed by atoms with Crippen LogP contribution in [0.15, 0.2) is 18.2 Å². The molecule has 4 aliphatic rings. The monoisotopic (exact) mass is 410 g/mol. The number of fused-ring (bicyclic) bond motifs is 1. The molecule has 4 aliphatic heterocycles. The van der Waals surface area contributed by atoms with Gasteiger partial charge in [-0.1, -0.05) is 18.6 Å². The van der Waals surface area contributed by atoms with Crippen molar-refractivity contribution in [3.63, 3.8) is 0 Å². The second kappa shape index (κ2) is 8.12. The van der Waals surface area contributed by atoms with Crippen molar-refractivity contribution in [3.8, 4) is 0 Å². The predicted octanol–water partition coefficient (Wildman–Crippen LogP) is 1.27. The minimum atomic E-state index is -0.548. The molecule has 0 aromatic heterocycles. The molecule has 3 amide bonds. The molecular weight excluding hydrogens is 380 g/mol. The first-order chi connectivity index (χ1) is 14.6. The third-order valence-corrected chi connectivity index (χ3v) is 7.27. The average molecular weight is 411 g/mol. The van der Waals surface area contributed by atoms with Crippen molar-refractivity contribution in [1.29, 1.82) is 0 Å². The average Bonchev–Trinajstić information content (AvgIpc) is 2.83. The van der Waals surface area contributed by atoms with Crippen LogP contribution >= 0.6 is 0 Å². The fourth-order valence-corrected chi connectivity index (χ4v) is 5.41. The zero-order chi connectivity index (χ0) is 20.7. The van der Waals surface area contributed by atoms with Crippen molar-refractivity contribution >= 4 is 17.7 Å². The molecule has 160 valence electrons. The van der Waals surface area contributed by atoms with Crippen LogP contribution in [-0.2, 0) is 22.7 Å². The first-order valence-electron chi connectivity index (χ1n) is 11.3. The lowest BCUT2D eigenvalue weighted by Gasteiger charge is -2.36. The van der Waals surface area contributed by atoms with Gasteiger partial charge in [-0.05, 0) is 67.9 Å². The van der Waals surface area contributed by atoms with E-state index < -0.39 is 6.04 Å². The third kappa shape index (κ3) is 3.76. The highest BCUT2D eigenvalue weighted by atomic mass is 16.2. The smallest absolute Gasteiger partial charge is 0.255 e. The number of hydrogen-bond donors (Lipinski definition) is 2. The van der Waals surface area contributed by atoms with E-state index in [0.717, 1.165) is 50.1 Å². The zero-order valence-corrected chi connectivity index (χ0v) is 17.4. The first kappa shape index (κ1) is 19.7. The number of benzene rings is 1. The Morgan fingerprint density at radius 3 is 2.67 bits per heavy atom. The maximum Gasteiger partial charge on any atom is 0.255 e. The van der Waals surface area contributed by atoms with Crippen molar-refractivity contribution in [3.05, 3.63) is 34.9 Å². The van der Waals surface area contributed by atoms with Crippen LogP contribution in [0.3, 0.4) is 0 Å². The van der Waals surface area contributed by atoms with Crippen LogP contribution in [-0.4, -0.2) is 59.7 Å².